The third kappa shape index (κ3) is 3.53. The third-order valence-electron chi connectivity index (χ3n) is 3.81. The van der Waals surface area contributed by atoms with Crippen molar-refractivity contribution in [3.8, 4) is 11.1 Å². The Morgan fingerprint density at radius 1 is 0.667 bits per heavy atom. The Labute approximate surface area is 130 Å². The molecule has 112 valence electrons. The highest BCUT2D eigenvalue weighted by molar-refractivity contribution is 6.91. The molecule has 0 aliphatic heterocycles. The zero-order chi connectivity index (χ0) is 15.8. The van der Waals surface area contributed by atoms with E-state index >= 15 is 0 Å². The maximum absolute atomic E-state index is 13.8. The minimum atomic E-state index is -1.60. The maximum atomic E-state index is 13.8. The summed E-state index contributed by atoms with van der Waals surface area (Å²) in [4.78, 5) is 0. The van der Waals surface area contributed by atoms with Crippen molar-refractivity contribution in [1.82, 2.24) is 0 Å². The van der Waals surface area contributed by atoms with E-state index in [1.807, 2.05) is 6.07 Å². The molecule has 0 atom stereocenters. The van der Waals surface area contributed by atoms with Crippen molar-refractivity contribution in [3.05, 3.63) is 48.3 Å². The highest BCUT2D eigenvalue weighted by atomic mass is 28.3. The van der Waals surface area contributed by atoms with Gasteiger partial charge in [0.25, 0.3) is 0 Å². The molecule has 21 heavy (non-hydrogen) atoms. The predicted octanol–water partition coefficient (Wildman–Crippen LogP) is 4.58. The van der Waals surface area contributed by atoms with E-state index < -0.39 is 16.1 Å². The van der Waals surface area contributed by atoms with Gasteiger partial charge >= 0.3 is 0 Å². The molecule has 0 radical (unpaired) electrons. The second kappa shape index (κ2) is 5.54. The van der Waals surface area contributed by atoms with Crippen LogP contribution in [0.4, 0.5) is 4.39 Å². The number of benzene rings is 2. The van der Waals surface area contributed by atoms with E-state index in [1.54, 1.807) is 12.1 Å². The lowest BCUT2D eigenvalue weighted by molar-refractivity contribution is 0.629. The zero-order valence-corrected chi connectivity index (χ0v) is 15.9. The lowest BCUT2D eigenvalue weighted by Crippen LogP contribution is -2.43. The second-order valence-electron chi connectivity index (χ2n) is 7.74. The molecule has 0 aliphatic carbocycles. The molecule has 0 bridgehead atoms. The molecule has 0 saturated carbocycles. The van der Waals surface area contributed by atoms with Gasteiger partial charge in [0.2, 0.25) is 0 Å². The largest absolute Gasteiger partial charge is 0.207 e. The van der Waals surface area contributed by atoms with E-state index in [4.69, 9.17) is 0 Å². The molecule has 2 aromatic carbocycles. The van der Waals surface area contributed by atoms with Gasteiger partial charge in [-0.2, -0.15) is 0 Å². The van der Waals surface area contributed by atoms with Gasteiger partial charge < -0.3 is 0 Å². The van der Waals surface area contributed by atoms with Gasteiger partial charge in [-0.1, -0.05) is 74.8 Å². The Morgan fingerprint density at radius 2 is 1.19 bits per heavy atom. The minimum absolute atomic E-state index is 0.123. The highest BCUT2D eigenvalue weighted by Gasteiger charge is 2.25. The van der Waals surface area contributed by atoms with Crippen molar-refractivity contribution in [2.75, 3.05) is 0 Å². The Morgan fingerprint density at radius 3 is 1.76 bits per heavy atom. The standard InChI is InChI=1S/C18H25FSi2/c1-20(2,3)17-10-8-7-9-15(17)16-12-11-14(19)13-18(16)21(4,5)6/h7-13H,1-6H3. The van der Waals surface area contributed by atoms with Gasteiger partial charge in [-0.15, -0.1) is 0 Å². The van der Waals surface area contributed by atoms with Gasteiger partial charge in [0.05, 0.1) is 16.1 Å². The summed E-state index contributed by atoms with van der Waals surface area (Å²) in [5.41, 5.74) is 2.53. The average Bonchev–Trinajstić information content (AvgIpc) is 2.36. The van der Waals surface area contributed by atoms with Gasteiger partial charge in [0.15, 0.2) is 0 Å². The molecular formula is C18H25FSi2. The normalized spacial score (nSPS) is 12.5. The van der Waals surface area contributed by atoms with Crippen molar-refractivity contribution in [1.29, 1.82) is 0 Å². The minimum Gasteiger partial charge on any atom is -0.207 e. The van der Waals surface area contributed by atoms with Crippen LogP contribution in [0.3, 0.4) is 0 Å². The number of hydrogen-bond donors (Lipinski definition) is 0. The van der Waals surface area contributed by atoms with Gasteiger partial charge in [-0.3, -0.25) is 0 Å². The van der Waals surface area contributed by atoms with E-state index in [0.717, 1.165) is 0 Å². The average molecular weight is 317 g/mol. The smallest absolute Gasteiger partial charge is 0.123 e. The van der Waals surface area contributed by atoms with Gasteiger partial charge in [-0.25, -0.2) is 4.39 Å². The SMILES string of the molecule is C[Si](C)(C)c1ccccc1-c1ccc(F)cc1[Si](C)(C)C. The van der Waals surface area contributed by atoms with Gasteiger partial charge in [-0.05, 0) is 28.4 Å². The molecular weight excluding hydrogens is 291 g/mol. The fraction of sp³-hybridized carbons (Fsp3) is 0.333. The Hall–Kier alpha value is -1.20. The molecule has 0 amide bonds. The van der Waals surface area contributed by atoms with Crippen molar-refractivity contribution >= 4 is 26.5 Å². The Bertz CT molecular complexity index is 649. The number of halogens is 1. The second-order valence-corrected chi connectivity index (χ2v) is 17.8. The molecule has 0 nitrogen and oxygen atoms in total. The zero-order valence-electron chi connectivity index (χ0n) is 13.9. The van der Waals surface area contributed by atoms with Crippen LogP contribution in [0.2, 0.25) is 39.3 Å². The highest BCUT2D eigenvalue weighted by Crippen LogP contribution is 2.22. The monoisotopic (exact) mass is 316 g/mol. The van der Waals surface area contributed by atoms with Crippen LogP contribution >= 0.6 is 0 Å². The van der Waals surface area contributed by atoms with Crippen LogP contribution < -0.4 is 10.4 Å². The van der Waals surface area contributed by atoms with Crippen LogP contribution in [0.15, 0.2) is 42.5 Å². The predicted molar refractivity (Wildman–Crippen MR) is 97.8 cm³/mol. The molecule has 0 spiro atoms. The summed E-state index contributed by atoms with van der Waals surface area (Å²) in [6, 6.07) is 14.0. The van der Waals surface area contributed by atoms with E-state index in [1.165, 1.54) is 21.5 Å². The molecule has 0 unspecified atom stereocenters. The molecule has 0 N–H and O–H groups in total. The van der Waals surface area contributed by atoms with E-state index in [9.17, 15) is 4.39 Å². The van der Waals surface area contributed by atoms with E-state index in [0.29, 0.717) is 0 Å². The summed E-state index contributed by atoms with van der Waals surface area (Å²) in [6.45, 7) is 13.9. The number of hydrogen-bond acceptors (Lipinski definition) is 0. The van der Waals surface area contributed by atoms with Crippen molar-refractivity contribution in [2.45, 2.75) is 39.3 Å². The first-order valence-corrected chi connectivity index (χ1v) is 14.5. The first kappa shape index (κ1) is 16.2. The molecule has 0 fully saturated rings. The fourth-order valence-electron chi connectivity index (χ4n) is 2.74. The lowest BCUT2D eigenvalue weighted by Gasteiger charge is -2.26. The summed E-state index contributed by atoms with van der Waals surface area (Å²) in [7, 11) is -3.03. The van der Waals surface area contributed by atoms with Crippen LogP contribution in [0.25, 0.3) is 11.1 Å². The molecule has 0 aromatic heterocycles. The Balaban J connectivity index is 2.75. The molecule has 2 rings (SSSR count). The first-order valence-electron chi connectivity index (χ1n) is 7.50. The van der Waals surface area contributed by atoms with Crippen LogP contribution in [-0.2, 0) is 0 Å². The summed E-state index contributed by atoms with van der Waals surface area (Å²) < 4.78 is 13.8. The molecule has 0 heterocycles. The van der Waals surface area contributed by atoms with Crippen LogP contribution in [0, 0.1) is 5.82 Å². The summed E-state index contributed by atoms with van der Waals surface area (Å²) in [5, 5.41) is 2.67. The first-order chi connectivity index (χ1) is 9.60. The molecule has 2 aromatic rings. The van der Waals surface area contributed by atoms with Crippen molar-refractivity contribution < 1.29 is 4.39 Å². The van der Waals surface area contributed by atoms with Crippen LogP contribution in [-0.4, -0.2) is 16.1 Å². The molecule has 0 aliphatic rings. The summed E-state index contributed by atoms with van der Waals surface area (Å²) in [5.74, 6) is -0.123. The quantitative estimate of drug-likeness (QED) is 0.727. The van der Waals surface area contributed by atoms with E-state index in [-0.39, 0.29) is 5.82 Å². The van der Waals surface area contributed by atoms with Gasteiger partial charge in [0.1, 0.15) is 5.82 Å². The van der Waals surface area contributed by atoms with Crippen LogP contribution in [0.5, 0.6) is 0 Å². The van der Waals surface area contributed by atoms with Gasteiger partial charge in [0, 0.05) is 0 Å². The number of rotatable bonds is 3. The Kier molecular flexibility index (Phi) is 4.27. The maximum Gasteiger partial charge on any atom is 0.123 e. The molecule has 0 saturated heterocycles. The fourth-order valence-corrected chi connectivity index (χ4v) is 5.96. The van der Waals surface area contributed by atoms with E-state index in [2.05, 4.69) is 63.5 Å². The van der Waals surface area contributed by atoms with Crippen LogP contribution in [0.1, 0.15) is 0 Å². The summed E-state index contributed by atoms with van der Waals surface area (Å²) in [6.07, 6.45) is 0. The van der Waals surface area contributed by atoms with Crippen molar-refractivity contribution in [3.63, 3.8) is 0 Å². The molecule has 3 heteroatoms. The third-order valence-corrected chi connectivity index (χ3v) is 7.90. The van der Waals surface area contributed by atoms with Crippen molar-refractivity contribution in [2.24, 2.45) is 0 Å². The lowest BCUT2D eigenvalue weighted by atomic mass is 10.1. The topological polar surface area (TPSA) is 0 Å². The summed E-state index contributed by atoms with van der Waals surface area (Å²) >= 11 is 0.